The van der Waals surface area contributed by atoms with Gasteiger partial charge in [0.05, 0.1) is 35.5 Å². The molecular weight excluding hydrogens is 638 g/mol. The molecule has 4 saturated heterocycles. The van der Waals surface area contributed by atoms with Gasteiger partial charge in [0, 0.05) is 75.1 Å². The van der Waals surface area contributed by atoms with Crippen LogP contribution in [0.25, 0.3) is 10.8 Å². The van der Waals surface area contributed by atoms with Crippen LogP contribution >= 0.6 is 11.6 Å². The number of aromatic nitrogens is 2. The second-order valence-corrected chi connectivity index (χ2v) is 14.8. The van der Waals surface area contributed by atoms with Gasteiger partial charge in [-0.1, -0.05) is 41.9 Å². The van der Waals surface area contributed by atoms with Gasteiger partial charge in [0.2, 0.25) is 5.91 Å². The van der Waals surface area contributed by atoms with E-state index in [4.69, 9.17) is 31.0 Å². The van der Waals surface area contributed by atoms with Crippen LogP contribution in [0.5, 0.6) is 6.01 Å². The Balaban J connectivity index is 1.01. The molecule has 5 aliphatic heterocycles. The lowest BCUT2D eigenvalue weighted by Crippen LogP contribution is -2.49. The zero-order chi connectivity index (χ0) is 33.4. The van der Waals surface area contributed by atoms with Gasteiger partial charge in [0.25, 0.3) is 0 Å². The number of ether oxygens (including phenoxy) is 2. The number of benzene rings is 2. The van der Waals surface area contributed by atoms with Crippen molar-refractivity contribution >= 4 is 39.8 Å². The summed E-state index contributed by atoms with van der Waals surface area (Å²) in [5.74, 6) is 1.04. The van der Waals surface area contributed by atoms with Gasteiger partial charge in [0.15, 0.2) is 0 Å². The molecule has 1 atom stereocenters. The Morgan fingerprint density at radius 2 is 1.80 bits per heavy atom. The number of carbonyl (C=O) groups is 1. The quantitative estimate of drug-likeness (QED) is 0.312. The van der Waals surface area contributed by atoms with E-state index in [-0.39, 0.29) is 17.6 Å². The zero-order valence-electron chi connectivity index (χ0n) is 28.7. The van der Waals surface area contributed by atoms with Crippen LogP contribution in [0, 0.1) is 0 Å². The van der Waals surface area contributed by atoms with E-state index < -0.39 is 0 Å². The van der Waals surface area contributed by atoms with Crippen LogP contribution in [-0.2, 0) is 22.5 Å². The number of rotatable bonds is 8. The monoisotopic (exact) mass is 685 g/mol. The lowest BCUT2D eigenvalue weighted by molar-refractivity contribution is -0.126. The molecule has 11 heteroatoms. The Morgan fingerprint density at radius 3 is 2.59 bits per heavy atom. The smallest absolute Gasteiger partial charge is 0.318 e. The SMILES string of the molecule is CC1CN(C/C=C/C(=O)N2CCN(c3nc(OCC45CCCN4CCC5)nc4c3CCN(c3cccc5cccc(Cl)c35)C4)CC2)CCO1. The molecule has 49 heavy (non-hydrogen) atoms. The highest BCUT2D eigenvalue weighted by Gasteiger charge is 2.45. The summed E-state index contributed by atoms with van der Waals surface area (Å²) in [5, 5.41) is 2.98. The highest BCUT2D eigenvalue weighted by atomic mass is 35.5. The molecule has 0 aliphatic carbocycles. The van der Waals surface area contributed by atoms with Gasteiger partial charge in [-0.25, -0.2) is 0 Å². The van der Waals surface area contributed by atoms with Gasteiger partial charge < -0.3 is 24.2 Å². The molecular formula is C38H48ClN7O3. The van der Waals surface area contributed by atoms with Crippen molar-refractivity contribution in [2.75, 3.05) is 88.5 Å². The van der Waals surface area contributed by atoms with Gasteiger partial charge in [-0.05, 0) is 69.6 Å². The molecule has 10 nitrogen and oxygen atoms in total. The minimum Gasteiger partial charge on any atom is -0.461 e. The number of carbonyl (C=O) groups excluding carboxylic acids is 1. The second-order valence-electron chi connectivity index (χ2n) is 14.4. The lowest BCUT2D eigenvalue weighted by atomic mass is 9.95. The molecule has 3 aromatic rings. The zero-order valence-corrected chi connectivity index (χ0v) is 29.4. The number of anilines is 2. The summed E-state index contributed by atoms with van der Waals surface area (Å²) >= 11 is 6.76. The molecule has 8 rings (SSSR count). The van der Waals surface area contributed by atoms with E-state index in [0.29, 0.717) is 32.3 Å². The van der Waals surface area contributed by atoms with Crippen molar-refractivity contribution in [1.82, 2.24) is 24.7 Å². The highest BCUT2D eigenvalue weighted by Crippen LogP contribution is 2.40. The molecule has 2 aromatic carbocycles. The van der Waals surface area contributed by atoms with Crippen LogP contribution in [0.15, 0.2) is 48.6 Å². The predicted octanol–water partition coefficient (Wildman–Crippen LogP) is 4.78. The molecule has 260 valence electrons. The van der Waals surface area contributed by atoms with Crippen LogP contribution in [-0.4, -0.2) is 121 Å². The number of halogens is 1. The maximum Gasteiger partial charge on any atom is 0.318 e. The van der Waals surface area contributed by atoms with Crippen molar-refractivity contribution in [1.29, 1.82) is 0 Å². The largest absolute Gasteiger partial charge is 0.461 e. The lowest BCUT2D eigenvalue weighted by Gasteiger charge is -2.38. The number of fused-ring (bicyclic) bond motifs is 3. The summed E-state index contributed by atoms with van der Waals surface area (Å²) < 4.78 is 12.2. The highest BCUT2D eigenvalue weighted by molar-refractivity contribution is 6.36. The number of piperazine rings is 1. The molecule has 0 bridgehead atoms. The molecule has 0 radical (unpaired) electrons. The van der Waals surface area contributed by atoms with Crippen molar-refractivity contribution in [3.63, 3.8) is 0 Å². The number of nitrogens with zero attached hydrogens (tertiary/aromatic N) is 7. The fourth-order valence-corrected chi connectivity index (χ4v) is 9.00. The first-order valence-corrected chi connectivity index (χ1v) is 18.6. The first-order chi connectivity index (χ1) is 24.0. The maximum absolute atomic E-state index is 13.1. The van der Waals surface area contributed by atoms with Gasteiger partial charge >= 0.3 is 6.01 Å². The van der Waals surface area contributed by atoms with Crippen LogP contribution in [0.2, 0.25) is 5.02 Å². The Morgan fingerprint density at radius 1 is 1.00 bits per heavy atom. The van der Waals surface area contributed by atoms with E-state index in [1.54, 1.807) is 6.08 Å². The van der Waals surface area contributed by atoms with Crippen LogP contribution in [0.3, 0.4) is 0 Å². The summed E-state index contributed by atoms with van der Waals surface area (Å²) in [6.07, 6.45) is 9.63. The normalized spacial score (nSPS) is 23.0. The fourth-order valence-electron chi connectivity index (χ4n) is 8.72. The van der Waals surface area contributed by atoms with Crippen molar-refractivity contribution in [2.24, 2.45) is 0 Å². The van der Waals surface area contributed by atoms with Crippen molar-refractivity contribution in [3.8, 4) is 6.01 Å². The van der Waals surface area contributed by atoms with Gasteiger partial charge in [0.1, 0.15) is 12.4 Å². The standard InChI is InChI=1S/C38H48ClN7O3/c1-28-25-42(23-24-48-28)15-4-11-34(47)43-19-21-44(22-20-43)36-30-12-18-45(33-10-3-8-29-7-2-9-31(39)35(29)33)26-32(30)40-37(41-36)49-27-38-13-5-16-46(38)17-6-14-38/h2-4,7-11,28H,5-6,12-27H2,1H3/b11-4+. The first kappa shape index (κ1) is 32.7. The van der Waals surface area contributed by atoms with Crippen LogP contribution in [0.1, 0.15) is 43.9 Å². The summed E-state index contributed by atoms with van der Waals surface area (Å²) in [4.78, 5) is 35.0. The number of hydrogen-bond acceptors (Lipinski definition) is 9. The Bertz CT molecular complexity index is 1690. The van der Waals surface area contributed by atoms with Gasteiger partial charge in [-0.15, -0.1) is 0 Å². The second kappa shape index (κ2) is 14.1. The van der Waals surface area contributed by atoms with E-state index in [1.165, 1.54) is 31.2 Å². The molecule has 1 unspecified atom stereocenters. The maximum atomic E-state index is 13.1. The molecule has 0 saturated carbocycles. The predicted molar refractivity (Wildman–Crippen MR) is 194 cm³/mol. The molecule has 4 fully saturated rings. The molecule has 1 aromatic heterocycles. The van der Waals surface area contributed by atoms with E-state index >= 15 is 0 Å². The van der Waals surface area contributed by atoms with Crippen LogP contribution < -0.4 is 14.5 Å². The summed E-state index contributed by atoms with van der Waals surface area (Å²) in [6.45, 7) is 12.7. The van der Waals surface area contributed by atoms with E-state index in [9.17, 15) is 4.79 Å². The first-order valence-electron chi connectivity index (χ1n) is 18.2. The topological polar surface area (TPSA) is 77.5 Å². The summed E-state index contributed by atoms with van der Waals surface area (Å²) in [5.41, 5.74) is 3.45. The Labute approximate surface area is 294 Å². The third-order valence-electron chi connectivity index (χ3n) is 11.3. The van der Waals surface area contributed by atoms with Crippen molar-refractivity contribution in [2.45, 2.75) is 57.2 Å². The minimum absolute atomic E-state index is 0.0797. The minimum atomic E-state index is 0.0797. The average molecular weight is 686 g/mol. The van der Waals surface area contributed by atoms with E-state index in [1.807, 2.05) is 23.1 Å². The third-order valence-corrected chi connectivity index (χ3v) is 11.6. The van der Waals surface area contributed by atoms with Gasteiger partial charge in [-0.2, -0.15) is 9.97 Å². The number of morpholine rings is 1. The van der Waals surface area contributed by atoms with Crippen molar-refractivity contribution in [3.05, 3.63) is 64.8 Å². The fraction of sp³-hybridized carbons (Fsp3) is 0.553. The molecule has 1 amide bonds. The number of hydrogen-bond donors (Lipinski definition) is 0. The summed E-state index contributed by atoms with van der Waals surface area (Å²) in [7, 11) is 0. The van der Waals surface area contributed by atoms with Crippen LogP contribution in [0.4, 0.5) is 11.5 Å². The molecule has 0 spiro atoms. The molecule has 0 N–H and O–H groups in total. The number of amides is 1. The Kier molecular flexibility index (Phi) is 9.39. The third kappa shape index (κ3) is 6.72. The van der Waals surface area contributed by atoms with Crippen molar-refractivity contribution < 1.29 is 14.3 Å². The molecule has 6 heterocycles. The van der Waals surface area contributed by atoms with Gasteiger partial charge in [-0.3, -0.25) is 14.6 Å². The Hall–Kier alpha value is -3.44. The molecule has 5 aliphatic rings. The van der Waals surface area contributed by atoms with E-state index in [2.05, 4.69) is 50.8 Å². The average Bonchev–Trinajstić information content (AvgIpc) is 3.71. The van der Waals surface area contributed by atoms with E-state index in [0.717, 1.165) is 98.4 Å². The summed E-state index contributed by atoms with van der Waals surface area (Å²) in [6, 6.07) is 13.0.